The van der Waals surface area contributed by atoms with Gasteiger partial charge in [0, 0.05) is 32.3 Å². The summed E-state index contributed by atoms with van der Waals surface area (Å²) in [5.41, 5.74) is 2.22. The molecule has 2 aromatic carbocycles. The maximum Gasteiger partial charge on any atom is 0.246 e. The molecule has 1 amide bonds. The Bertz CT molecular complexity index is 959. The number of rotatable bonds is 6. The number of methoxy groups -OCH3 is 1. The van der Waals surface area contributed by atoms with Crippen LogP contribution in [0.2, 0.25) is 0 Å². The van der Waals surface area contributed by atoms with E-state index in [1.807, 2.05) is 24.3 Å². The van der Waals surface area contributed by atoms with Gasteiger partial charge in [-0.1, -0.05) is 31.2 Å². The monoisotopic (exact) mass is 414 g/mol. The fourth-order valence-corrected chi connectivity index (χ4v) is 4.61. The zero-order valence-electron chi connectivity index (χ0n) is 16.7. The highest BCUT2D eigenvalue weighted by molar-refractivity contribution is 7.89. The summed E-state index contributed by atoms with van der Waals surface area (Å²) in [5.74, 6) is 0.501. The molecule has 3 rings (SSSR count). The quantitative estimate of drug-likeness (QED) is 0.682. The number of aryl methyl sites for hydroxylation is 1. The second-order valence-electron chi connectivity index (χ2n) is 6.83. The van der Waals surface area contributed by atoms with Gasteiger partial charge in [0.2, 0.25) is 15.9 Å². The van der Waals surface area contributed by atoms with Crippen molar-refractivity contribution in [3.05, 3.63) is 65.7 Å². The fourth-order valence-electron chi connectivity index (χ4n) is 3.18. The number of sulfonamides is 1. The van der Waals surface area contributed by atoms with Crippen LogP contribution >= 0.6 is 0 Å². The number of ether oxygens (including phenoxy) is 1. The molecule has 6 nitrogen and oxygen atoms in total. The van der Waals surface area contributed by atoms with Crippen molar-refractivity contribution in [1.29, 1.82) is 0 Å². The number of nitrogens with zero attached hydrogens (tertiary/aromatic N) is 2. The third kappa shape index (κ3) is 5.05. The van der Waals surface area contributed by atoms with Crippen molar-refractivity contribution < 1.29 is 17.9 Å². The SMILES string of the molecule is CCc1ccc(/C=C/C(=O)N2CCN(S(=O)(=O)c3ccc(OC)cc3)CC2)cc1. The van der Waals surface area contributed by atoms with Crippen molar-refractivity contribution in [2.45, 2.75) is 18.2 Å². The fraction of sp³-hybridized carbons (Fsp3) is 0.318. The molecule has 1 aliphatic heterocycles. The first-order valence-electron chi connectivity index (χ1n) is 9.64. The van der Waals surface area contributed by atoms with E-state index in [0.29, 0.717) is 18.8 Å². The van der Waals surface area contributed by atoms with E-state index < -0.39 is 10.0 Å². The van der Waals surface area contributed by atoms with Crippen molar-refractivity contribution in [2.24, 2.45) is 0 Å². The molecule has 0 bridgehead atoms. The topological polar surface area (TPSA) is 66.9 Å². The van der Waals surface area contributed by atoms with E-state index in [2.05, 4.69) is 6.92 Å². The predicted molar refractivity (Wildman–Crippen MR) is 113 cm³/mol. The van der Waals surface area contributed by atoms with Gasteiger partial charge in [-0.15, -0.1) is 0 Å². The number of benzene rings is 2. The molecule has 29 heavy (non-hydrogen) atoms. The number of hydrogen-bond acceptors (Lipinski definition) is 4. The Kier molecular flexibility index (Phi) is 6.71. The molecule has 1 saturated heterocycles. The van der Waals surface area contributed by atoms with Gasteiger partial charge in [0.05, 0.1) is 12.0 Å². The Balaban J connectivity index is 1.58. The highest BCUT2D eigenvalue weighted by Gasteiger charge is 2.29. The molecule has 0 saturated carbocycles. The van der Waals surface area contributed by atoms with Gasteiger partial charge in [0.1, 0.15) is 5.75 Å². The molecule has 2 aromatic rings. The zero-order chi connectivity index (χ0) is 20.9. The van der Waals surface area contributed by atoms with E-state index >= 15 is 0 Å². The molecular weight excluding hydrogens is 388 g/mol. The molecule has 1 fully saturated rings. The molecule has 154 valence electrons. The van der Waals surface area contributed by atoms with Crippen molar-refractivity contribution in [3.63, 3.8) is 0 Å². The lowest BCUT2D eigenvalue weighted by Gasteiger charge is -2.33. The van der Waals surface area contributed by atoms with Crippen LogP contribution in [0, 0.1) is 0 Å². The average molecular weight is 415 g/mol. The first-order valence-corrected chi connectivity index (χ1v) is 11.1. The Morgan fingerprint density at radius 2 is 1.62 bits per heavy atom. The number of carbonyl (C=O) groups excluding carboxylic acids is 1. The average Bonchev–Trinajstić information content (AvgIpc) is 2.78. The van der Waals surface area contributed by atoms with E-state index in [1.165, 1.54) is 29.1 Å². The summed E-state index contributed by atoms with van der Waals surface area (Å²) in [6.07, 6.45) is 4.32. The van der Waals surface area contributed by atoms with Crippen LogP contribution in [-0.4, -0.2) is 56.8 Å². The van der Waals surface area contributed by atoms with Crippen LogP contribution in [0.5, 0.6) is 5.75 Å². The minimum atomic E-state index is -3.58. The summed E-state index contributed by atoms with van der Waals surface area (Å²) >= 11 is 0. The van der Waals surface area contributed by atoms with Gasteiger partial charge in [0.15, 0.2) is 0 Å². The number of hydrogen-bond donors (Lipinski definition) is 0. The first-order chi connectivity index (χ1) is 13.9. The summed E-state index contributed by atoms with van der Waals surface area (Å²) in [6.45, 7) is 3.39. The Labute approximate surface area is 172 Å². The van der Waals surface area contributed by atoms with Crippen LogP contribution in [0.4, 0.5) is 0 Å². The van der Waals surface area contributed by atoms with E-state index in [4.69, 9.17) is 4.74 Å². The van der Waals surface area contributed by atoms with Crippen LogP contribution in [0.25, 0.3) is 6.08 Å². The standard InChI is InChI=1S/C22H26N2O4S/c1-3-18-4-6-19(7-5-18)8-13-22(25)23-14-16-24(17-15-23)29(26,27)21-11-9-20(28-2)10-12-21/h4-13H,3,14-17H2,1-2H3/b13-8+. The summed E-state index contributed by atoms with van der Waals surface area (Å²) in [4.78, 5) is 14.4. The first kappa shape index (κ1) is 21.1. The normalized spacial score (nSPS) is 15.6. The lowest BCUT2D eigenvalue weighted by molar-refractivity contribution is -0.127. The number of piperazine rings is 1. The van der Waals surface area contributed by atoms with Gasteiger partial charge in [-0.2, -0.15) is 4.31 Å². The van der Waals surface area contributed by atoms with Gasteiger partial charge in [-0.3, -0.25) is 4.79 Å². The summed E-state index contributed by atoms with van der Waals surface area (Å²) in [7, 11) is -2.04. The Morgan fingerprint density at radius 1 is 1.00 bits per heavy atom. The van der Waals surface area contributed by atoms with Crippen LogP contribution in [0.15, 0.2) is 59.5 Å². The van der Waals surface area contributed by atoms with E-state index in [0.717, 1.165) is 12.0 Å². The van der Waals surface area contributed by atoms with E-state index in [-0.39, 0.29) is 23.9 Å². The van der Waals surface area contributed by atoms with Gasteiger partial charge in [0.25, 0.3) is 0 Å². The Hall–Kier alpha value is -2.64. The second kappa shape index (κ2) is 9.24. The third-order valence-corrected chi connectivity index (χ3v) is 6.97. The smallest absolute Gasteiger partial charge is 0.246 e. The largest absolute Gasteiger partial charge is 0.497 e. The summed E-state index contributed by atoms with van der Waals surface area (Å²) < 4.78 is 32.1. The maximum absolute atomic E-state index is 12.8. The van der Waals surface area contributed by atoms with Gasteiger partial charge >= 0.3 is 0 Å². The van der Waals surface area contributed by atoms with Gasteiger partial charge in [-0.05, 0) is 47.9 Å². The molecule has 0 radical (unpaired) electrons. The highest BCUT2D eigenvalue weighted by atomic mass is 32.2. The molecule has 0 atom stereocenters. The van der Waals surface area contributed by atoms with E-state index in [9.17, 15) is 13.2 Å². The second-order valence-corrected chi connectivity index (χ2v) is 8.77. The molecule has 0 aliphatic carbocycles. The molecule has 0 aromatic heterocycles. The maximum atomic E-state index is 12.8. The molecule has 0 N–H and O–H groups in total. The van der Waals surface area contributed by atoms with Crippen LogP contribution in [0.3, 0.4) is 0 Å². The van der Waals surface area contributed by atoms with Crippen LogP contribution in [-0.2, 0) is 21.2 Å². The minimum Gasteiger partial charge on any atom is -0.497 e. The molecule has 1 heterocycles. The molecule has 7 heteroatoms. The number of carbonyl (C=O) groups is 1. The third-order valence-electron chi connectivity index (χ3n) is 5.05. The van der Waals surface area contributed by atoms with Crippen molar-refractivity contribution >= 4 is 22.0 Å². The predicted octanol–water partition coefficient (Wildman–Crippen LogP) is 2.80. The molecule has 0 unspecified atom stereocenters. The summed E-state index contributed by atoms with van der Waals surface area (Å²) in [5, 5.41) is 0. The van der Waals surface area contributed by atoms with Gasteiger partial charge < -0.3 is 9.64 Å². The lowest BCUT2D eigenvalue weighted by Crippen LogP contribution is -2.50. The highest BCUT2D eigenvalue weighted by Crippen LogP contribution is 2.20. The van der Waals surface area contributed by atoms with Crippen LogP contribution in [0.1, 0.15) is 18.1 Å². The van der Waals surface area contributed by atoms with Crippen molar-refractivity contribution in [3.8, 4) is 5.75 Å². The zero-order valence-corrected chi connectivity index (χ0v) is 17.6. The van der Waals surface area contributed by atoms with Gasteiger partial charge in [-0.25, -0.2) is 8.42 Å². The molecular formula is C22H26N2O4S. The molecule has 0 spiro atoms. The molecule has 1 aliphatic rings. The summed E-state index contributed by atoms with van der Waals surface area (Å²) in [6, 6.07) is 14.4. The van der Waals surface area contributed by atoms with Crippen LogP contribution < -0.4 is 4.74 Å². The lowest BCUT2D eigenvalue weighted by atomic mass is 10.1. The van der Waals surface area contributed by atoms with Crippen molar-refractivity contribution in [1.82, 2.24) is 9.21 Å². The number of amides is 1. The Morgan fingerprint density at radius 3 is 2.17 bits per heavy atom. The van der Waals surface area contributed by atoms with E-state index in [1.54, 1.807) is 29.2 Å². The van der Waals surface area contributed by atoms with Crippen molar-refractivity contribution in [2.75, 3.05) is 33.3 Å². The minimum absolute atomic E-state index is 0.105.